The van der Waals surface area contributed by atoms with Crippen LogP contribution in [-0.4, -0.2) is 29.3 Å². The summed E-state index contributed by atoms with van der Waals surface area (Å²) in [4.78, 5) is 6.73. The molecular formula is C14H24N4O. The maximum Gasteiger partial charge on any atom is 0.266 e. The van der Waals surface area contributed by atoms with Gasteiger partial charge in [0.15, 0.2) is 0 Å². The quantitative estimate of drug-likeness (QED) is 0.902. The molecule has 0 spiro atoms. The summed E-state index contributed by atoms with van der Waals surface area (Å²) in [5.41, 5.74) is 6.26. The van der Waals surface area contributed by atoms with Crippen LogP contribution in [0.5, 0.6) is 0 Å². The Morgan fingerprint density at radius 3 is 2.63 bits per heavy atom. The van der Waals surface area contributed by atoms with Crippen molar-refractivity contribution >= 4 is 5.95 Å². The molecule has 2 N–H and O–H groups in total. The van der Waals surface area contributed by atoms with Crippen LogP contribution in [0.2, 0.25) is 0 Å². The van der Waals surface area contributed by atoms with Crippen LogP contribution < -0.4 is 10.6 Å². The van der Waals surface area contributed by atoms with Crippen LogP contribution in [0.1, 0.15) is 50.8 Å². The van der Waals surface area contributed by atoms with Gasteiger partial charge in [0, 0.05) is 25.6 Å². The maximum absolute atomic E-state index is 6.26. The topological polar surface area (TPSA) is 68.2 Å². The van der Waals surface area contributed by atoms with Crippen molar-refractivity contribution in [2.45, 2.75) is 57.4 Å². The third-order valence-electron chi connectivity index (χ3n) is 4.51. The molecule has 5 heteroatoms. The van der Waals surface area contributed by atoms with Crippen molar-refractivity contribution in [3.8, 4) is 0 Å². The minimum atomic E-state index is 0.178. The summed E-state index contributed by atoms with van der Waals surface area (Å²) in [6.07, 6.45) is 9.65. The molecule has 1 atom stereocenters. The van der Waals surface area contributed by atoms with Gasteiger partial charge in [-0.3, -0.25) is 0 Å². The maximum atomic E-state index is 6.26. The smallest absolute Gasteiger partial charge is 0.266 e. The van der Waals surface area contributed by atoms with E-state index in [1.54, 1.807) is 0 Å². The van der Waals surface area contributed by atoms with Gasteiger partial charge in [-0.2, -0.15) is 4.98 Å². The zero-order valence-corrected chi connectivity index (χ0v) is 11.6. The summed E-state index contributed by atoms with van der Waals surface area (Å²) >= 11 is 0. The van der Waals surface area contributed by atoms with Gasteiger partial charge in [0.05, 0.1) is 0 Å². The van der Waals surface area contributed by atoms with Crippen LogP contribution in [0.15, 0.2) is 4.52 Å². The lowest BCUT2D eigenvalue weighted by molar-refractivity contribution is 0.340. The van der Waals surface area contributed by atoms with E-state index in [4.69, 9.17) is 10.3 Å². The van der Waals surface area contributed by atoms with Crippen LogP contribution in [0.3, 0.4) is 0 Å². The van der Waals surface area contributed by atoms with E-state index >= 15 is 0 Å². The first-order valence-electron chi connectivity index (χ1n) is 7.66. The predicted molar refractivity (Wildman–Crippen MR) is 74.0 cm³/mol. The van der Waals surface area contributed by atoms with Gasteiger partial charge in [0.1, 0.15) is 0 Å². The van der Waals surface area contributed by atoms with Crippen molar-refractivity contribution < 1.29 is 4.52 Å². The Morgan fingerprint density at radius 1 is 1.16 bits per heavy atom. The number of hydrogen-bond donors (Lipinski definition) is 1. The molecule has 2 heterocycles. The van der Waals surface area contributed by atoms with Gasteiger partial charge in [-0.05, 0) is 43.2 Å². The Kier molecular flexibility index (Phi) is 4.01. The summed E-state index contributed by atoms with van der Waals surface area (Å²) in [7, 11) is 0. The van der Waals surface area contributed by atoms with Crippen molar-refractivity contribution in [3.63, 3.8) is 0 Å². The lowest BCUT2D eigenvalue weighted by atomic mass is 9.96. The van der Waals surface area contributed by atoms with Crippen molar-refractivity contribution in [3.05, 3.63) is 5.89 Å². The molecule has 1 aromatic heterocycles. The van der Waals surface area contributed by atoms with Gasteiger partial charge in [-0.1, -0.05) is 12.8 Å². The highest BCUT2D eigenvalue weighted by molar-refractivity contribution is 5.28. The molecule has 1 saturated carbocycles. The van der Waals surface area contributed by atoms with Crippen LogP contribution in [0.25, 0.3) is 0 Å². The van der Waals surface area contributed by atoms with Crippen molar-refractivity contribution in [2.24, 2.45) is 11.7 Å². The van der Waals surface area contributed by atoms with Gasteiger partial charge >= 0.3 is 0 Å². The predicted octanol–water partition coefficient (Wildman–Crippen LogP) is 2.12. The Hall–Kier alpha value is -1.10. The van der Waals surface area contributed by atoms with Crippen molar-refractivity contribution in [1.82, 2.24) is 10.1 Å². The SMILES string of the molecule is NC(Cc1nc(N2CCCCC2)no1)C1CCCC1. The first-order chi connectivity index (χ1) is 9.33. The van der Waals surface area contributed by atoms with Gasteiger partial charge in [0.2, 0.25) is 5.89 Å². The molecule has 1 aromatic rings. The minimum Gasteiger partial charge on any atom is -0.338 e. The Balaban J connectivity index is 1.57. The average molecular weight is 264 g/mol. The van der Waals surface area contributed by atoms with E-state index in [0.29, 0.717) is 11.8 Å². The zero-order valence-electron chi connectivity index (χ0n) is 11.6. The van der Waals surface area contributed by atoms with Crippen LogP contribution in [0.4, 0.5) is 5.95 Å². The van der Waals surface area contributed by atoms with E-state index in [2.05, 4.69) is 15.0 Å². The second-order valence-corrected chi connectivity index (χ2v) is 5.95. The van der Waals surface area contributed by atoms with Gasteiger partial charge in [-0.15, -0.1) is 0 Å². The molecule has 3 rings (SSSR count). The molecule has 19 heavy (non-hydrogen) atoms. The fourth-order valence-corrected chi connectivity index (χ4v) is 3.30. The molecule has 1 aliphatic heterocycles. The third-order valence-corrected chi connectivity index (χ3v) is 4.51. The summed E-state index contributed by atoms with van der Waals surface area (Å²) in [5.74, 6) is 2.11. The molecule has 1 saturated heterocycles. The zero-order chi connectivity index (χ0) is 13.1. The number of anilines is 1. The van der Waals surface area contributed by atoms with E-state index < -0.39 is 0 Å². The minimum absolute atomic E-state index is 0.178. The second kappa shape index (κ2) is 5.90. The molecule has 0 radical (unpaired) electrons. The first-order valence-corrected chi connectivity index (χ1v) is 7.66. The van der Waals surface area contributed by atoms with Crippen LogP contribution >= 0.6 is 0 Å². The Morgan fingerprint density at radius 2 is 1.89 bits per heavy atom. The second-order valence-electron chi connectivity index (χ2n) is 5.95. The lowest BCUT2D eigenvalue weighted by Crippen LogP contribution is -2.31. The molecule has 0 bridgehead atoms. The summed E-state index contributed by atoms with van der Waals surface area (Å²) in [6.45, 7) is 2.10. The summed E-state index contributed by atoms with van der Waals surface area (Å²) in [5, 5.41) is 4.10. The lowest BCUT2D eigenvalue weighted by Gasteiger charge is -2.24. The van der Waals surface area contributed by atoms with E-state index in [1.807, 2.05) is 0 Å². The summed E-state index contributed by atoms with van der Waals surface area (Å²) in [6, 6.07) is 0.178. The van der Waals surface area contributed by atoms with Crippen molar-refractivity contribution in [2.75, 3.05) is 18.0 Å². The molecule has 0 aromatic carbocycles. The molecule has 2 fully saturated rings. The third kappa shape index (κ3) is 3.08. The number of aromatic nitrogens is 2. The molecular weight excluding hydrogens is 240 g/mol. The van der Waals surface area contributed by atoms with Gasteiger partial charge < -0.3 is 15.2 Å². The fourth-order valence-electron chi connectivity index (χ4n) is 3.30. The monoisotopic (exact) mass is 264 g/mol. The average Bonchev–Trinajstić information content (AvgIpc) is 3.11. The highest BCUT2D eigenvalue weighted by atomic mass is 16.5. The number of piperidine rings is 1. The van der Waals surface area contributed by atoms with Crippen molar-refractivity contribution in [1.29, 1.82) is 0 Å². The number of nitrogens with two attached hydrogens (primary N) is 1. The fraction of sp³-hybridized carbons (Fsp3) is 0.857. The molecule has 2 aliphatic rings. The molecule has 5 nitrogen and oxygen atoms in total. The molecule has 0 amide bonds. The molecule has 106 valence electrons. The first kappa shape index (κ1) is 12.9. The van der Waals surface area contributed by atoms with E-state index in [0.717, 1.165) is 25.5 Å². The normalized spacial score (nSPS) is 22.9. The number of nitrogens with zero attached hydrogens (tertiary/aromatic N) is 3. The Labute approximate surface area is 114 Å². The number of rotatable bonds is 4. The Bertz CT molecular complexity index is 394. The highest BCUT2D eigenvalue weighted by Crippen LogP contribution is 2.28. The molecule has 1 unspecified atom stereocenters. The van der Waals surface area contributed by atoms with Crippen LogP contribution in [-0.2, 0) is 6.42 Å². The van der Waals surface area contributed by atoms with E-state index in [1.165, 1.54) is 44.9 Å². The van der Waals surface area contributed by atoms with E-state index in [-0.39, 0.29) is 6.04 Å². The molecule has 1 aliphatic carbocycles. The number of hydrogen-bond acceptors (Lipinski definition) is 5. The van der Waals surface area contributed by atoms with Gasteiger partial charge in [-0.25, -0.2) is 0 Å². The van der Waals surface area contributed by atoms with Gasteiger partial charge in [0.25, 0.3) is 5.95 Å². The van der Waals surface area contributed by atoms with E-state index in [9.17, 15) is 0 Å². The summed E-state index contributed by atoms with van der Waals surface area (Å²) < 4.78 is 5.37. The van der Waals surface area contributed by atoms with Crippen LogP contribution in [0, 0.1) is 5.92 Å². The largest absolute Gasteiger partial charge is 0.338 e. The highest BCUT2D eigenvalue weighted by Gasteiger charge is 2.24. The standard InChI is InChI=1S/C14H24N4O/c15-12(11-6-2-3-7-11)10-13-16-14(17-19-13)18-8-4-1-5-9-18/h11-12H,1-10,15H2.